The summed E-state index contributed by atoms with van der Waals surface area (Å²) >= 11 is 0. The van der Waals surface area contributed by atoms with Crippen LogP contribution in [0, 0.1) is 21.4 Å². The SMILES string of the molecule is COc1ccc(-c2ccc(=O)n(CCCC(=O)Nc3ccc([N+](=O)[O-])cc3C#N)n2)cc1. The Balaban J connectivity index is 1.62. The molecule has 1 N–H and O–H groups in total. The quantitative estimate of drug-likeness (QED) is 0.425. The number of carbonyl (C=O) groups excluding carboxylic acids is 1. The average Bonchev–Trinajstić information content (AvgIpc) is 2.80. The molecule has 10 nitrogen and oxygen atoms in total. The summed E-state index contributed by atoms with van der Waals surface area (Å²) < 4.78 is 6.43. The molecule has 3 aromatic rings. The largest absolute Gasteiger partial charge is 0.497 e. The summed E-state index contributed by atoms with van der Waals surface area (Å²) in [5.41, 5.74) is 1.10. The van der Waals surface area contributed by atoms with Gasteiger partial charge >= 0.3 is 0 Å². The van der Waals surface area contributed by atoms with Crippen molar-refractivity contribution in [2.24, 2.45) is 0 Å². The number of nitriles is 1. The van der Waals surface area contributed by atoms with Gasteiger partial charge in [-0.15, -0.1) is 0 Å². The lowest BCUT2D eigenvalue weighted by atomic mass is 10.1. The Morgan fingerprint density at radius 1 is 1.22 bits per heavy atom. The number of methoxy groups -OCH3 is 1. The summed E-state index contributed by atoms with van der Waals surface area (Å²) in [5.74, 6) is 0.329. The van der Waals surface area contributed by atoms with Gasteiger partial charge in [-0.05, 0) is 42.8 Å². The van der Waals surface area contributed by atoms with Crippen LogP contribution in [-0.2, 0) is 11.3 Å². The van der Waals surface area contributed by atoms with Crippen molar-refractivity contribution in [3.63, 3.8) is 0 Å². The normalized spacial score (nSPS) is 10.2. The van der Waals surface area contributed by atoms with Crippen LogP contribution in [0.3, 0.4) is 0 Å². The van der Waals surface area contributed by atoms with Gasteiger partial charge in [0.15, 0.2) is 0 Å². The van der Waals surface area contributed by atoms with Crippen LogP contribution in [0.1, 0.15) is 18.4 Å². The number of carbonyl (C=O) groups is 1. The summed E-state index contributed by atoms with van der Waals surface area (Å²) in [6, 6.07) is 15.8. The molecule has 162 valence electrons. The van der Waals surface area contributed by atoms with E-state index in [1.54, 1.807) is 25.3 Å². The highest BCUT2D eigenvalue weighted by Crippen LogP contribution is 2.22. The summed E-state index contributed by atoms with van der Waals surface area (Å²) in [6.07, 6.45) is 0.405. The third-order valence-electron chi connectivity index (χ3n) is 4.63. The molecule has 1 heterocycles. The second-order valence-corrected chi connectivity index (χ2v) is 6.76. The first kappa shape index (κ1) is 22.2. The van der Waals surface area contributed by atoms with Gasteiger partial charge in [-0.1, -0.05) is 0 Å². The number of nitro benzene ring substituents is 1. The van der Waals surface area contributed by atoms with Gasteiger partial charge in [-0.2, -0.15) is 10.4 Å². The molecule has 0 saturated carbocycles. The maximum Gasteiger partial charge on any atom is 0.270 e. The number of hydrogen-bond acceptors (Lipinski definition) is 7. The van der Waals surface area contributed by atoms with Crippen molar-refractivity contribution in [2.45, 2.75) is 19.4 Å². The molecule has 0 bridgehead atoms. The number of anilines is 1. The van der Waals surface area contributed by atoms with Crippen LogP contribution >= 0.6 is 0 Å². The summed E-state index contributed by atoms with van der Waals surface area (Å²) in [5, 5.41) is 26.9. The number of nitrogens with zero attached hydrogens (tertiary/aromatic N) is 4. The van der Waals surface area contributed by atoms with Crippen LogP contribution in [0.4, 0.5) is 11.4 Å². The fourth-order valence-electron chi connectivity index (χ4n) is 2.97. The Kier molecular flexibility index (Phi) is 6.92. The molecular weight excluding hydrogens is 414 g/mol. The minimum Gasteiger partial charge on any atom is -0.497 e. The summed E-state index contributed by atoms with van der Waals surface area (Å²) in [4.78, 5) is 34.6. The van der Waals surface area contributed by atoms with Crippen molar-refractivity contribution in [3.05, 3.63) is 80.6 Å². The van der Waals surface area contributed by atoms with Gasteiger partial charge in [0.05, 0.1) is 29.0 Å². The van der Waals surface area contributed by atoms with E-state index >= 15 is 0 Å². The van der Waals surface area contributed by atoms with E-state index in [0.717, 1.165) is 11.6 Å². The zero-order chi connectivity index (χ0) is 23.1. The van der Waals surface area contributed by atoms with Crippen LogP contribution in [0.25, 0.3) is 11.3 Å². The van der Waals surface area contributed by atoms with Crippen LogP contribution in [0.2, 0.25) is 0 Å². The van der Waals surface area contributed by atoms with Gasteiger partial charge in [0.1, 0.15) is 11.8 Å². The zero-order valence-electron chi connectivity index (χ0n) is 17.1. The molecule has 0 fully saturated rings. The van der Waals surface area contributed by atoms with E-state index in [1.165, 1.54) is 22.9 Å². The van der Waals surface area contributed by atoms with Gasteiger partial charge in [0.25, 0.3) is 11.2 Å². The fraction of sp³-hybridized carbons (Fsp3) is 0.182. The van der Waals surface area contributed by atoms with Crippen molar-refractivity contribution >= 4 is 17.3 Å². The Morgan fingerprint density at radius 2 is 1.97 bits per heavy atom. The number of benzene rings is 2. The lowest BCUT2D eigenvalue weighted by molar-refractivity contribution is -0.384. The van der Waals surface area contributed by atoms with E-state index in [0.29, 0.717) is 17.9 Å². The molecule has 0 spiro atoms. The second kappa shape index (κ2) is 9.99. The molecule has 0 saturated heterocycles. The molecule has 0 aliphatic carbocycles. The van der Waals surface area contributed by atoms with Gasteiger partial charge < -0.3 is 10.1 Å². The number of non-ortho nitro benzene ring substituents is 1. The van der Waals surface area contributed by atoms with Crippen LogP contribution in [0.15, 0.2) is 59.4 Å². The minimum absolute atomic E-state index is 0.00220. The second-order valence-electron chi connectivity index (χ2n) is 6.76. The Hall–Kier alpha value is -4.52. The zero-order valence-corrected chi connectivity index (χ0v) is 17.1. The molecule has 1 aromatic heterocycles. The van der Waals surface area contributed by atoms with Crippen molar-refractivity contribution in [1.82, 2.24) is 9.78 Å². The monoisotopic (exact) mass is 433 g/mol. The van der Waals surface area contributed by atoms with E-state index in [2.05, 4.69) is 10.4 Å². The van der Waals surface area contributed by atoms with Crippen LogP contribution in [0.5, 0.6) is 5.75 Å². The summed E-state index contributed by atoms with van der Waals surface area (Å²) in [6.45, 7) is 0.224. The lowest BCUT2D eigenvalue weighted by Crippen LogP contribution is -2.23. The smallest absolute Gasteiger partial charge is 0.270 e. The first-order valence-electron chi connectivity index (χ1n) is 9.62. The lowest BCUT2D eigenvalue weighted by Gasteiger charge is -2.09. The molecule has 0 atom stereocenters. The molecule has 32 heavy (non-hydrogen) atoms. The third kappa shape index (κ3) is 5.34. The number of amides is 1. The molecule has 10 heteroatoms. The topological polar surface area (TPSA) is 140 Å². The summed E-state index contributed by atoms with van der Waals surface area (Å²) in [7, 11) is 1.58. The van der Waals surface area contributed by atoms with Crippen molar-refractivity contribution in [1.29, 1.82) is 5.26 Å². The number of ether oxygens (including phenoxy) is 1. The molecule has 1 amide bonds. The number of aryl methyl sites for hydroxylation is 1. The van der Waals surface area contributed by atoms with Crippen LogP contribution in [-0.4, -0.2) is 27.7 Å². The predicted molar refractivity (Wildman–Crippen MR) is 116 cm³/mol. The number of hydrogen-bond donors (Lipinski definition) is 1. The van der Waals surface area contributed by atoms with Crippen molar-refractivity contribution in [2.75, 3.05) is 12.4 Å². The highest BCUT2D eigenvalue weighted by molar-refractivity contribution is 5.92. The first-order valence-corrected chi connectivity index (χ1v) is 9.62. The van der Waals surface area contributed by atoms with E-state index in [1.807, 2.05) is 18.2 Å². The van der Waals surface area contributed by atoms with E-state index in [4.69, 9.17) is 10.00 Å². The van der Waals surface area contributed by atoms with Gasteiger partial charge in [0.2, 0.25) is 5.91 Å². The Morgan fingerprint density at radius 3 is 2.62 bits per heavy atom. The maximum atomic E-state index is 12.2. The Labute approximate surface area is 182 Å². The highest BCUT2D eigenvalue weighted by atomic mass is 16.6. The highest BCUT2D eigenvalue weighted by Gasteiger charge is 2.13. The number of nitrogens with one attached hydrogen (secondary N) is 1. The molecule has 3 rings (SSSR count). The molecule has 0 aliphatic rings. The fourth-order valence-corrected chi connectivity index (χ4v) is 2.97. The predicted octanol–water partition coefficient (Wildman–Crippen LogP) is 3.12. The maximum absolute atomic E-state index is 12.2. The first-order chi connectivity index (χ1) is 15.4. The van der Waals surface area contributed by atoms with E-state index < -0.39 is 4.92 Å². The number of rotatable bonds is 8. The van der Waals surface area contributed by atoms with Gasteiger partial charge in [-0.3, -0.25) is 19.7 Å². The average molecular weight is 433 g/mol. The Bertz CT molecular complexity index is 1240. The van der Waals surface area contributed by atoms with Gasteiger partial charge in [-0.25, -0.2) is 4.68 Å². The third-order valence-corrected chi connectivity index (χ3v) is 4.63. The molecule has 0 unspecified atom stereocenters. The van der Waals surface area contributed by atoms with Crippen molar-refractivity contribution < 1.29 is 14.5 Å². The van der Waals surface area contributed by atoms with Crippen LogP contribution < -0.4 is 15.6 Å². The van der Waals surface area contributed by atoms with Gasteiger partial charge in [0, 0.05) is 36.7 Å². The molecule has 0 radical (unpaired) electrons. The molecule has 0 aliphatic heterocycles. The number of aromatic nitrogens is 2. The van der Waals surface area contributed by atoms with Crippen molar-refractivity contribution in [3.8, 4) is 23.1 Å². The van der Waals surface area contributed by atoms with E-state index in [9.17, 15) is 19.7 Å². The molecular formula is C22H19N5O5. The molecule has 2 aromatic carbocycles. The minimum atomic E-state index is -0.614. The van der Waals surface area contributed by atoms with E-state index in [-0.39, 0.29) is 41.4 Å². The standard InChI is InChI=1S/C22H19N5O5/c1-32-18-7-4-15(5-8-18)20-10-11-22(29)26(25-20)12-2-3-21(28)24-19-9-6-17(27(30)31)13-16(19)14-23/h4-11,13H,2-3,12H2,1H3,(H,24,28). The number of nitro groups is 1.